The number of benzene rings is 1. The van der Waals surface area contributed by atoms with E-state index < -0.39 is 15.9 Å². The molecule has 0 aliphatic carbocycles. The van der Waals surface area contributed by atoms with Crippen LogP contribution < -0.4 is 10.0 Å². The predicted octanol–water partition coefficient (Wildman–Crippen LogP) is 2.36. The molecule has 1 aromatic heterocycles. The van der Waals surface area contributed by atoms with Crippen LogP contribution in [0.2, 0.25) is 5.02 Å². The van der Waals surface area contributed by atoms with Gasteiger partial charge in [-0.05, 0) is 24.3 Å². The van der Waals surface area contributed by atoms with Crippen LogP contribution in [-0.4, -0.2) is 25.6 Å². The van der Waals surface area contributed by atoms with Gasteiger partial charge in [-0.2, -0.15) is 0 Å². The number of nitrogens with one attached hydrogen (secondary N) is 2. The molecule has 0 atom stereocenters. The number of sulfonamides is 1. The number of pyridine rings is 1. The highest BCUT2D eigenvalue weighted by atomic mass is 35.5. The minimum atomic E-state index is -3.38. The van der Waals surface area contributed by atoms with Crippen LogP contribution in [0.4, 0.5) is 11.4 Å². The van der Waals surface area contributed by atoms with E-state index in [1.807, 2.05) is 0 Å². The average molecular weight is 326 g/mol. The van der Waals surface area contributed by atoms with Gasteiger partial charge < -0.3 is 5.32 Å². The van der Waals surface area contributed by atoms with Gasteiger partial charge in [-0.15, -0.1) is 0 Å². The highest BCUT2D eigenvalue weighted by Gasteiger charge is 2.11. The highest BCUT2D eigenvalue weighted by molar-refractivity contribution is 7.92. The average Bonchev–Trinajstić information content (AvgIpc) is 2.37. The Hall–Kier alpha value is -2.12. The third-order valence-corrected chi connectivity index (χ3v) is 3.37. The molecular formula is C13H12ClN3O3S. The molecule has 0 radical (unpaired) electrons. The number of hydrogen-bond acceptors (Lipinski definition) is 4. The summed E-state index contributed by atoms with van der Waals surface area (Å²) in [4.78, 5) is 15.9. The van der Waals surface area contributed by atoms with Gasteiger partial charge in [-0.3, -0.25) is 14.5 Å². The first-order valence-electron chi connectivity index (χ1n) is 5.84. The minimum absolute atomic E-state index is 0.237. The van der Waals surface area contributed by atoms with E-state index in [0.29, 0.717) is 11.4 Å². The first kappa shape index (κ1) is 15.3. The summed E-state index contributed by atoms with van der Waals surface area (Å²) in [5, 5.41) is 2.91. The smallest absolute Gasteiger partial charge is 0.258 e. The molecular weight excluding hydrogens is 314 g/mol. The van der Waals surface area contributed by atoms with Crippen molar-refractivity contribution in [3.05, 3.63) is 53.3 Å². The van der Waals surface area contributed by atoms with Crippen LogP contribution in [0, 0.1) is 0 Å². The van der Waals surface area contributed by atoms with Crippen molar-refractivity contribution in [2.75, 3.05) is 16.3 Å². The summed E-state index contributed by atoms with van der Waals surface area (Å²) in [5.74, 6) is -0.426. The molecule has 6 nitrogen and oxygen atoms in total. The molecule has 110 valence electrons. The molecule has 0 spiro atoms. The van der Waals surface area contributed by atoms with Crippen molar-refractivity contribution in [1.29, 1.82) is 0 Å². The standard InChI is InChI=1S/C13H12ClN3O3S/c1-21(19,20)17-10-4-2-3-9(7-10)16-13(18)11-8-15-6-5-12(11)14/h2-8,17H,1H3,(H,16,18). The predicted molar refractivity (Wildman–Crippen MR) is 82.1 cm³/mol. The highest BCUT2D eigenvalue weighted by Crippen LogP contribution is 2.19. The Morgan fingerprint density at radius 1 is 1.24 bits per heavy atom. The second-order valence-electron chi connectivity index (χ2n) is 4.26. The van der Waals surface area contributed by atoms with Gasteiger partial charge >= 0.3 is 0 Å². The Morgan fingerprint density at radius 2 is 1.95 bits per heavy atom. The quantitative estimate of drug-likeness (QED) is 0.903. The number of hydrogen-bond donors (Lipinski definition) is 2. The molecule has 0 unspecified atom stereocenters. The Bertz CT molecular complexity index is 778. The number of aromatic nitrogens is 1. The number of nitrogens with zero attached hydrogens (tertiary/aromatic N) is 1. The molecule has 0 saturated carbocycles. The van der Waals surface area contributed by atoms with E-state index >= 15 is 0 Å². The Labute approximate surface area is 127 Å². The monoisotopic (exact) mass is 325 g/mol. The second kappa shape index (κ2) is 6.11. The van der Waals surface area contributed by atoms with Gasteiger partial charge in [-0.1, -0.05) is 17.7 Å². The minimum Gasteiger partial charge on any atom is -0.322 e. The summed E-state index contributed by atoms with van der Waals surface area (Å²) in [7, 11) is -3.38. The van der Waals surface area contributed by atoms with Crippen molar-refractivity contribution in [2.24, 2.45) is 0 Å². The molecule has 2 rings (SSSR count). The van der Waals surface area contributed by atoms with Gasteiger partial charge in [0.2, 0.25) is 10.0 Å². The molecule has 0 fully saturated rings. The van der Waals surface area contributed by atoms with Crippen molar-refractivity contribution in [2.45, 2.75) is 0 Å². The lowest BCUT2D eigenvalue weighted by atomic mass is 10.2. The molecule has 0 bridgehead atoms. The summed E-state index contributed by atoms with van der Waals surface area (Å²) < 4.78 is 24.7. The molecule has 1 amide bonds. The Balaban J connectivity index is 2.19. The molecule has 0 saturated heterocycles. The van der Waals surface area contributed by atoms with E-state index in [4.69, 9.17) is 11.6 Å². The van der Waals surface area contributed by atoms with E-state index in [9.17, 15) is 13.2 Å². The largest absolute Gasteiger partial charge is 0.322 e. The zero-order valence-electron chi connectivity index (χ0n) is 11.0. The maximum Gasteiger partial charge on any atom is 0.258 e. The van der Waals surface area contributed by atoms with Gasteiger partial charge in [-0.25, -0.2) is 8.42 Å². The van der Waals surface area contributed by atoms with Crippen molar-refractivity contribution in [3.63, 3.8) is 0 Å². The van der Waals surface area contributed by atoms with Crippen LogP contribution in [-0.2, 0) is 10.0 Å². The summed E-state index contributed by atoms with van der Waals surface area (Å²) in [6.45, 7) is 0. The molecule has 2 aromatic rings. The lowest BCUT2D eigenvalue weighted by Crippen LogP contribution is -2.13. The zero-order chi connectivity index (χ0) is 15.5. The van der Waals surface area contributed by atoms with Gasteiger partial charge in [0.25, 0.3) is 5.91 Å². The van der Waals surface area contributed by atoms with E-state index in [1.54, 1.807) is 18.2 Å². The van der Waals surface area contributed by atoms with Crippen molar-refractivity contribution in [3.8, 4) is 0 Å². The van der Waals surface area contributed by atoms with Gasteiger partial charge in [0, 0.05) is 18.1 Å². The third kappa shape index (κ3) is 4.44. The van der Waals surface area contributed by atoms with Crippen molar-refractivity contribution < 1.29 is 13.2 Å². The second-order valence-corrected chi connectivity index (χ2v) is 6.42. The van der Waals surface area contributed by atoms with E-state index in [2.05, 4.69) is 15.0 Å². The number of carbonyl (C=O) groups is 1. The number of amides is 1. The maximum atomic E-state index is 12.1. The van der Waals surface area contributed by atoms with Crippen LogP contribution in [0.3, 0.4) is 0 Å². The fraction of sp³-hybridized carbons (Fsp3) is 0.0769. The summed E-state index contributed by atoms with van der Waals surface area (Å²) in [5.41, 5.74) is 1.03. The topological polar surface area (TPSA) is 88.2 Å². The van der Waals surface area contributed by atoms with Crippen molar-refractivity contribution >= 4 is 38.9 Å². The van der Waals surface area contributed by atoms with Crippen LogP contribution in [0.1, 0.15) is 10.4 Å². The first-order valence-corrected chi connectivity index (χ1v) is 8.11. The van der Waals surface area contributed by atoms with Crippen LogP contribution >= 0.6 is 11.6 Å². The van der Waals surface area contributed by atoms with Crippen molar-refractivity contribution in [1.82, 2.24) is 4.98 Å². The fourth-order valence-corrected chi connectivity index (χ4v) is 2.36. The lowest BCUT2D eigenvalue weighted by molar-refractivity contribution is 0.102. The maximum absolute atomic E-state index is 12.1. The zero-order valence-corrected chi connectivity index (χ0v) is 12.6. The number of anilines is 2. The molecule has 8 heteroatoms. The Kier molecular flexibility index (Phi) is 4.44. The lowest BCUT2D eigenvalue weighted by Gasteiger charge is -2.09. The summed E-state index contributed by atoms with van der Waals surface area (Å²) in [6, 6.07) is 7.85. The number of rotatable bonds is 4. The molecule has 1 heterocycles. The normalized spacial score (nSPS) is 11.0. The van der Waals surface area contributed by atoms with Gasteiger partial charge in [0.15, 0.2) is 0 Å². The van der Waals surface area contributed by atoms with Crippen LogP contribution in [0.5, 0.6) is 0 Å². The number of carbonyl (C=O) groups excluding carboxylic acids is 1. The summed E-state index contributed by atoms with van der Waals surface area (Å²) in [6.07, 6.45) is 3.89. The van der Waals surface area contributed by atoms with Crippen LogP contribution in [0.15, 0.2) is 42.7 Å². The molecule has 0 aliphatic heterocycles. The molecule has 1 aromatic carbocycles. The van der Waals surface area contributed by atoms with E-state index in [0.717, 1.165) is 6.26 Å². The SMILES string of the molecule is CS(=O)(=O)Nc1cccc(NC(=O)c2cnccc2Cl)c1. The van der Waals surface area contributed by atoms with E-state index in [1.165, 1.54) is 24.5 Å². The van der Waals surface area contributed by atoms with Crippen LogP contribution in [0.25, 0.3) is 0 Å². The van der Waals surface area contributed by atoms with E-state index in [-0.39, 0.29) is 10.6 Å². The first-order chi connectivity index (χ1) is 9.85. The molecule has 0 aliphatic rings. The van der Waals surface area contributed by atoms with Gasteiger partial charge in [0.1, 0.15) is 0 Å². The molecule has 2 N–H and O–H groups in total. The molecule has 21 heavy (non-hydrogen) atoms. The Morgan fingerprint density at radius 3 is 2.62 bits per heavy atom. The number of halogens is 1. The summed E-state index contributed by atoms with van der Waals surface area (Å²) >= 11 is 5.91. The fourth-order valence-electron chi connectivity index (χ4n) is 1.62. The third-order valence-electron chi connectivity index (χ3n) is 2.44. The van der Waals surface area contributed by atoms with Gasteiger partial charge in [0.05, 0.1) is 22.5 Å².